The number of nitrogens with one attached hydrogen (secondary N) is 1. The molecule has 1 saturated heterocycles. The van der Waals surface area contributed by atoms with Gasteiger partial charge in [0.1, 0.15) is 5.76 Å². The van der Waals surface area contributed by atoms with Crippen LogP contribution in [0.2, 0.25) is 0 Å². The molecule has 0 spiro atoms. The molecule has 2 aromatic rings. The summed E-state index contributed by atoms with van der Waals surface area (Å²) in [6.45, 7) is 8.86. The van der Waals surface area contributed by atoms with Gasteiger partial charge in [0.2, 0.25) is 5.91 Å². The first-order chi connectivity index (χ1) is 12.0. The van der Waals surface area contributed by atoms with Gasteiger partial charge < -0.3 is 9.84 Å². The van der Waals surface area contributed by atoms with E-state index in [1.807, 2.05) is 26.0 Å². The molecule has 3 rings (SSSR count). The molecule has 0 radical (unpaired) electrons. The molecule has 2 heterocycles. The molecule has 0 unspecified atom stereocenters. The van der Waals surface area contributed by atoms with E-state index < -0.39 is 0 Å². The number of carbonyl (C=O) groups is 1. The fourth-order valence-corrected chi connectivity index (χ4v) is 3.36. The van der Waals surface area contributed by atoms with Crippen LogP contribution in [-0.2, 0) is 17.8 Å². The fourth-order valence-electron chi connectivity index (χ4n) is 3.36. The summed E-state index contributed by atoms with van der Waals surface area (Å²) >= 11 is 0. The molecule has 25 heavy (non-hydrogen) atoms. The van der Waals surface area contributed by atoms with Crippen LogP contribution in [0.3, 0.4) is 0 Å². The Hall–Kier alpha value is -2.14. The number of hydrogen-bond acceptors (Lipinski definition) is 4. The van der Waals surface area contributed by atoms with Crippen molar-refractivity contribution in [3.8, 4) is 0 Å². The second-order valence-electron chi connectivity index (χ2n) is 7.08. The zero-order valence-corrected chi connectivity index (χ0v) is 15.3. The average Bonchev–Trinajstić information content (AvgIpc) is 2.90. The van der Waals surface area contributed by atoms with E-state index in [9.17, 15) is 4.79 Å². The lowest BCUT2D eigenvalue weighted by molar-refractivity contribution is -0.121. The maximum absolute atomic E-state index is 12.2. The van der Waals surface area contributed by atoms with E-state index in [-0.39, 0.29) is 11.9 Å². The molecule has 0 aliphatic carbocycles. The molecule has 0 bridgehead atoms. The number of carbonyl (C=O) groups excluding carboxylic acids is 1. The number of aryl methyl sites for hydroxylation is 3. The second-order valence-corrected chi connectivity index (χ2v) is 7.08. The van der Waals surface area contributed by atoms with Gasteiger partial charge >= 0.3 is 0 Å². The summed E-state index contributed by atoms with van der Waals surface area (Å²) in [6.07, 6.45) is 2.44. The van der Waals surface area contributed by atoms with Gasteiger partial charge in [-0.15, -0.1) is 0 Å². The van der Waals surface area contributed by atoms with Gasteiger partial charge in [0, 0.05) is 31.2 Å². The smallest absolute Gasteiger partial charge is 0.224 e. The molecule has 1 aliphatic rings. The van der Waals surface area contributed by atoms with Crippen molar-refractivity contribution in [3.63, 3.8) is 0 Å². The molecule has 1 aliphatic heterocycles. The number of amides is 1. The molecule has 1 aromatic heterocycles. The summed E-state index contributed by atoms with van der Waals surface area (Å²) < 4.78 is 5.24. The number of benzene rings is 1. The maximum Gasteiger partial charge on any atom is 0.224 e. The number of piperidine rings is 1. The summed E-state index contributed by atoms with van der Waals surface area (Å²) in [4.78, 5) is 14.7. The molecule has 1 N–H and O–H groups in total. The minimum atomic E-state index is 0.119. The highest BCUT2D eigenvalue weighted by molar-refractivity contribution is 5.78. The van der Waals surface area contributed by atoms with E-state index in [1.54, 1.807) is 0 Å². The molecule has 5 nitrogen and oxygen atoms in total. The van der Waals surface area contributed by atoms with Crippen LogP contribution in [-0.4, -0.2) is 35.1 Å². The minimum Gasteiger partial charge on any atom is -0.361 e. The number of hydrogen-bond donors (Lipinski definition) is 1. The van der Waals surface area contributed by atoms with E-state index in [2.05, 4.69) is 34.4 Å². The van der Waals surface area contributed by atoms with Crippen molar-refractivity contribution in [3.05, 3.63) is 52.4 Å². The number of rotatable bonds is 5. The Bertz CT molecular complexity index is 694. The number of aromatic nitrogens is 1. The number of likely N-dealkylation sites (tertiary alicyclic amines) is 1. The molecular formula is C20H27N3O2. The van der Waals surface area contributed by atoms with Gasteiger partial charge in [0.15, 0.2) is 0 Å². The van der Waals surface area contributed by atoms with E-state index in [1.165, 1.54) is 11.1 Å². The van der Waals surface area contributed by atoms with E-state index in [0.29, 0.717) is 6.42 Å². The highest BCUT2D eigenvalue weighted by atomic mass is 16.5. The normalized spacial score (nSPS) is 16.1. The van der Waals surface area contributed by atoms with Crippen molar-refractivity contribution in [1.29, 1.82) is 0 Å². The van der Waals surface area contributed by atoms with E-state index >= 15 is 0 Å². The summed E-state index contributed by atoms with van der Waals surface area (Å²) in [5.74, 6) is 1.03. The predicted octanol–water partition coefficient (Wildman–Crippen LogP) is 2.92. The summed E-state index contributed by atoms with van der Waals surface area (Å²) in [6, 6.07) is 8.44. The van der Waals surface area contributed by atoms with Gasteiger partial charge in [-0.05, 0) is 39.2 Å². The van der Waals surface area contributed by atoms with Crippen molar-refractivity contribution in [2.75, 3.05) is 13.1 Å². The van der Waals surface area contributed by atoms with Gasteiger partial charge in [0.05, 0.1) is 12.1 Å². The number of nitrogens with zero attached hydrogens (tertiary/aromatic N) is 2. The Morgan fingerprint density at radius 2 is 1.88 bits per heavy atom. The van der Waals surface area contributed by atoms with Crippen LogP contribution in [0.1, 0.15) is 41.0 Å². The van der Waals surface area contributed by atoms with Crippen molar-refractivity contribution >= 4 is 5.91 Å². The van der Waals surface area contributed by atoms with Crippen molar-refractivity contribution < 1.29 is 9.32 Å². The lowest BCUT2D eigenvalue weighted by Crippen LogP contribution is -2.44. The van der Waals surface area contributed by atoms with Crippen molar-refractivity contribution in [2.45, 2.75) is 52.6 Å². The predicted molar refractivity (Wildman–Crippen MR) is 97.3 cm³/mol. The molecule has 5 heteroatoms. The van der Waals surface area contributed by atoms with Gasteiger partial charge in [0.25, 0.3) is 0 Å². The maximum atomic E-state index is 12.2. The van der Waals surface area contributed by atoms with E-state index in [0.717, 1.165) is 49.5 Å². The Labute approximate surface area is 149 Å². The zero-order valence-electron chi connectivity index (χ0n) is 15.3. The van der Waals surface area contributed by atoms with Crippen LogP contribution in [0.25, 0.3) is 0 Å². The van der Waals surface area contributed by atoms with Crippen molar-refractivity contribution in [1.82, 2.24) is 15.4 Å². The third-order valence-corrected chi connectivity index (χ3v) is 5.00. The Balaban J connectivity index is 1.44. The van der Waals surface area contributed by atoms with Crippen LogP contribution in [0.4, 0.5) is 0 Å². The monoisotopic (exact) mass is 341 g/mol. The fraction of sp³-hybridized carbons (Fsp3) is 0.500. The van der Waals surface area contributed by atoms with Crippen molar-refractivity contribution in [2.24, 2.45) is 0 Å². The van der Waals surface area contributed by atoms with Gasteiger partial charge in [-0.2, -0.15) is 0 Å². The molecular weight excluding hydrogens is 314 g/mol. The topological polar surface area (TPSA) is 58.4 Å². The van der Waals surface area contributed by atoms with Gasteiger partial charge in [-0.1, -0.05) is 35.0 Å². The van der Waals surface area contributed by atoms with Gasteiger partial charge in [-0.3, -0.25) is 9.69 Å². The second kappa shape index (κ2) is 7.83. The Morgan fingerprint density at radius 1 is 1.20 bits per heavy atom. The highest BCUT2D eigenvalue weighted by Gasteiger charge is 2.22. The lowest BCUT2D eigenvalue weighted by Gasteiger charge is -2.32. The first-order valence-electron chi connectivity index (χ1n) is 9.00. The molecule has 0 saturated carbocycles. The quantitative estimate of drug-likeness (QED) is 0.908. The van der Waals surface area contributed by atoms with Crippen LogP contribution in [0.15, 0.2) is 28.8 Å². The first kappa shape index (κ1) is 17.7. The molecule has 1 aromatic carbocycles. The van der Waals surface area contributed by atoms with Crippen LogP contribution < -0.4 is 5.32 Å². The molecule has 1 amide bonds. The lowest BCUT2D eigenvalue weighted by atomic mass is 10.0. The largest absolute Gasteiger partial charge is 0.361 e. The standard InChI is InChI=1S/C20H27N3O2/c1-14-4-6-17(7-5-14)12-20(24)21-18-8-10-23(11-9-18)13-19-15(2)22-25-16(19)3/h4-7,18H,8-13H2,1-3H3,(H,21,24). The Morgan fingerprint density at radius 3 is 2.48 bits per heavy atom. The third-order valence-electron chi connectivity index (χ3n) is 5.00. The zero-order chi connectivity index (χ0) is 17.8. The minimum absolute atomic E-state index is 0.119. The molecule has 134 valence electrons. The highest BCUT2D eigenvalue weighted by Crippen LogP contribution is 2.18. The third kappa shape index (κ3) is 4.69. The van der Waals surface area contributed by atoms with Crippen LogP contribution >= 0.6 is 0 Å². The summed E-state index contributed by atoms with van der Waals surface area (Å²) in [7, 11) is 0. The van der Waals surface area contributed by atoms with Crippen LogP contribution in [0, 0.1) is 20.8 Å². The Kier molecular flexibility index (Phi) is 5.53. The summed E-state index contributed by atoms with van der Waals surface area (Å²) in [5.41, 5.74) is 4.46. The van der Waals surface area contributed by atoms with E-state index in [4.69, 9.17) is 4.52 Å². The first-order valence-corrected chi connectivity index (χ1v) is 9.00. The summed E-state index contributed by atoms with van der Waals surface area (Å²) in [5, 5.41) is 7.21. The van der Waals surface area contributed by atoms with Gasteiger partial charge in [-0.25, -0.2) is 0 Å². The molecule has 1 fully saturated rings. The SMILES string of the molecule is Cc1ccc(CC(=O)NC2CCN(Cc3c(C)noc3C)CC2)cc1. The average molecular weight is 341 g/mol. The van der Waals surface area contributed by atoms with Crippen LogP contribution in [0.5, 0.6) is 0 Å². The molecule has 0 atom stereocenters.